The van der Waals surface area contributed by atoms with Gasteiger partial charge in [-0.25, -0.2) is 15.8 Å². The third-order valence-electron chi connectivity index (χ3n) is 6.45. The number of anilines is 1. The number of hydrogen-bond donors (Lipinski definition) is 4. The maximum absolute atomic E-state index is 5.58. The van der Waals surface area contributed by atoms with Gasteiger partial charge in [0, 0.05) is 30.9 Å². The van der Waals surface area contributed by atoms with E-state index in [-0.39, 0.29) is 6.17 Å². The molecule has 0 bridgehead atoms. The van der Waals surface area contributed by atoms with Crippen molar-refractivity contribution in [1.29, 1.82) is 0 Å². The molecule has 0 atom stereocenters. The Hall–Kier alpha value is -3.01. The number of aryl methyl sites for hydroxylation is 1. The lowest BCUT2D eigenvalue weighted by Gasteiger charge is -2.29. The van der Waals surface area contributed by atoms with E-state index in [4.69, 9.17) is 9.72 Å². The first-order chi connectivity index (χ1) is 15.8. The van der Waals surface area contributed by atoms with Crippen LogP contribution in [0.2, 0.25) is 0 Å². The van der Waals surface area contributed by atoms with Gasteiger partial charge in [-0.15, -0.1) is 0 Å². The van der Waals surface area contributed by atoms with Crippen molar-refractivity contribution in [3.8, 4) is 0 Å². The Kier molecular flexibility index (Phi) is 5.01. The Morgan fingerprint density at radius 2 is 1.78 bits per heavy atom. The average molecular weight is 430 g/mol. The lowest BCUT2D eigenvalue weighted by Crippen LogP contribution is -2.36. The first kappa shape index (κ1) is 19.7. The highest BCUT2D eigenvalue weighted by atomic mass is 16.5. The largest absolute Gasteiger partial charge is 0.378 e. The summed E-state index contributed by atoms with van der Waals surface area (Å²) in [5, 5.41) is 2.55. The Labute approximate surface area is 186 Å². The number of morpholine rings is 1. The molecule has 4 N–H and O–H groups in total. The molecule has 2 fully saturated rings. The second kappa shape index (κ2) is 8.16. The van der Waals surface area contributed by atoms with Crippen LogP contribution in [-0.2, 0) is 11.3 Å². The molecule has 0 aliphatic carbocycles. The van der Waals surface area contributed by atoms with E-state index in [0.717, 1.165) is 55.3 Å². The zero-order valence-electron chi connectivity index (χ0n) is 18.1. The number of ether oxygens (including phenoxy) is 1. The number of hydrazine groups is 3. The van der Waals surface area contributed by atoms with Crippen LogP contribution in [0.5, 0.6) is 0 Å². The van der Waals surface area contributed by atoms with Gasteiger partial charge in [0.15, 0.2) is 0 Å². The molecule has 6 rings (SSSR count). The normalized spacial score (nSPS) is 17.6. The van der Waals surface area contributed by atoms with Crippen LogP contribution in [0.4, 0.5) is 5.69 Å². The summed E-state index contributed by atoms with van der Waals surface area (Å²) in [6.07, 6.45) is -0.0844. The molecule has 2 aliphatic rings. The number of aromatic nitrogens is 2. The maximum atomic E-state index is 5.58. The van der Waals surface area contributed by atoms with Crippen LogP contribution in [-0.4, -0.2) is 35.9 Å². The zero-order chi connectivity index (χ0) is 21.5. The fourth-order valence-corrected chi connectivity index (χ4v) is 4.78. The molecular formula is C24H27N7O. The van der Waals surface area contributed by atoms with Crippen LogP contribution in [0.3, 0.4) is 0 Å². The highest BCUT2D eigenvalue weighted by Crippen LogP contribution is 2.32. The number of hydrogen-bond acceptors (Lipinski definition) is 7. The van der Waals surface area contributed by atoms with Gasteiger partial charge in [0.25, 0.3) is 0 Å². The highest BCUT2D eigenvalue weighted by molar-refractivity contribution is 5.87. The summed E-state index contributed by atoms with van der Waals surface area (Å²) in [5.74, 6) is 1.01. The molecule has 2 saturated heterocycles. The molecule has 0 amide bonds. The molecule has 164 valence electrons. The molecule has 0 unspecified atom stereocenters. The van der Waals surface area contributed by atoms with Crippen molar-refractivity contribution in [3.63, 3.8) is 0 Å². The molecule has 0 saturated carbocycles. The SMILES string of the molecule is Cc1nc2c(C3NNNN3)cc(N3CCOCC3)cc2n1Cc1cccc2ccccc12. The summed E-state index contributed by atoms with van der Waals surface area (Å²) in [5.41, 5.74) is 18.1. The van der Waals surface area contributed by atoms with E-state index < -0.39 is 0 Å². The molecular weight excluding hydrogens is 402 g/mol. The van der Waals surface area contributed by atoms with E-state index in [1.54, 1.807) is 0 Å². The van der Waals surface area contributed by atoms with Crippen molar-refractivity contribution in [3.05, 3.63) is 71.5 Å². The van der Waals surface area contributed by atoms with E-state index in [0.29, 0.717) is 0 Å². The quantitative estimate of drug-likeness (QED) is 0.397. The lowest BCUT2D eigenvalue weighted by molar-refractivity contribution is 0.122. The van der Waals surface area contributed by atoms with Crippen molar-refractivity contribution in [2.45, 2.75) is 19.6 Å². The molecule has 32 heavy (non-hydrogen) atoms. The number of benzene rings is 3. The molecule has 0 radical (unpaired) electrons. The molecule has 8 nitrogen and oxygen atoms in total. The molecule has 3 aromatic carbocycles. The predicted molar refractivity (Wildman–Crippen MR) is 126 cm³/mol. The summed E-state index contributed by atoms with van der Waals surface area (Å²) < 4.78 is 7.92. The van der Waals surface area contributed by atoms with Gasteiger partial charge in [-0.1, -0.05) is 42.5 Å². The average Bonchev–Trinajstić information content (AvgIpc) is 3.48. The van der Waals surface area contributed by atoms with Gasteiger partial charge >= 0.3 is 0 Å². The highest BCUT2D eigenvalue weighted by Gasteiger charge is 2.24. The minimum absolute atomic E-state index is 0.0844. The van der Waals surface area contributed by atoms with Crippen molar-refractivity contribution in [2.75, 3.05) is 31.2 Å². The number of imidazole rings is 1. The van der Waals surface area contributed by atoms with Crippen molar-refractivity contribution in [1.82, 2.24) is 31.5 Å². The van der Waals surface area contributed by atoms with Crippen LogP contribution in [0, 0.1) is 6.92 Å². The van der Waals surface area contributed by atoms with Gasteiger partial charge in [-0.05, 0) is 35.4 Å². The standard InChI is InChI=1S/C24H27N7O/c1-16-25-23-21(24-26-28-29-27-24)13-19(30-9-11-32-12-10-30)14-22(23)31(16)15-18-7-4-6-17-5-2-3-8-20(17)18/h2-8,13-14,24,26-29H,9-12,15H2,1H3. The number of fused-ring (bicyclic) bond motifs is 2. The Balaban J connectivity index is 1.50. The maximum Gasteiger partial charge on any atom is 0.114 e. The van der Waals surface area contributed by atoms with Gasteiger partial charge in [-0.3, -0.25) is 0 Å². The first-order valence-electron chi connectivity index (χ1n) is 11.1. The van der Waals surface area contributed by atoms with Crippen LogP contribution in [0.1, 0.15) is 23.1 Å². The molecule has 1 aromatic heterocycles. The van der Waals surface area contributed by atoms with E-state index in [9.17, 15) is 0 Å². The van der Waals surface area contributed by atoms with E-state index >= 15 is 0 Å². The lowest BCUT2D eigenvalue weighted by atomic mass is 10.0. The second-order valence-electron chi connectivity index (χ2n) is 8.36. The summed E-state index contributed by atoms with van der Waals surface area (Å²) in [6, 6.07) is 19.6. The van der Waals surface area contributed by atoms with Crippen LogP contribution >= 0.6 is 0 Å². The van der Waals surface area contributed by atoms with Gasteiger partial charge in [0.2, 0.25) is 0 Å². The molecule has 8 heteroatoms. The van der Waals surface area contributed by atoms with Gasteiger partial charge in [0.1, 0.15) is 12.0 Å². The summed E-state index contributed by atoms with van der Waals surface area (Å²) in [6.45, 7) is 6.16. The van der Waals surface area contributed by atoms with Crippen LogP contribution in [0.15, 0.2) is 54.6 Å². The monoisotopic (exact) mass is 429 g/mol. The van der Waals surface area contributed by atoms with E-state index in [2.05, 4.69) is 92.9 Å². The number of nitrogens with one attached hydrogen (secondary N) is 4. The molecule has 4 aromatic rings. The van der Waals surface area contributed by atoms with Crippen LogP contribution in [0.25, 0.3) is 21.8 Å². The molecule has 3 heterocycles. The van der Waals surface area contributed by atoms with Gasteiger partial charge in [0.05, 0.1) is 24.2 Å². The zero-order valence-corrected chi connectivity index (χ0v) is 18.1. The van der Waals surface area contributed by atoms with Gasteiger partial charge in [-0.2, -0.15) is 11.1 Å². The van der Waals surface area contributed by atoms with Crippen molar-refractivity contribution < 1.29 is 4.74 Å². The van der Waals surface area contributed by atoms with E-state index in [1.807, 2.05) is 0 Å². The molecule has 2 aliphatic heterocycles. The number of rotatable bonds is 4. The van der Waals surface area contributed by atoms with Crippen molar-refractivity contribution >= 4 is 27.5 Å². The second-order valence-corrected chi connectivity index (χ2v) is 8.36. The van der Waals surface area contributed by atoms with Crippen molar-refractivity contribution in [2.24, 2.45) is 0 Å². The number of nitrogens with zero attached hydrogens (tertiary/aromatic N) is 3. The Morgan fingerprint density at radius 1 is 1.00 bits per heavy atom. The Morgan fingerprint density at radius 3 is 2.62 bits per heavy atom. The smallest absolute Gasteiger partial charge is 0.114 e. The van der Waals surface area contributed by atoms with Crippen LogP contribution < -0.4 is 26.8 Å². The minimum Gasteiger partial charge on any atom is -0.378 e. The summed E-state index contributed by atoms with van der Waals surface area (Å²) in [4.78, 5) is 7.40. The fourth-order valence-electron chi connectivity index (χ4n) is 4.78. The Bertz CT molecular complexity index is 1270. The summed E-state index contributed by atoms with van der Waals surface area (Å²) >= 11 is 0. The first-order valence-corrected chi connectivity index (χ1v) is 11.1. The minimum atomic E-state index is -0.0844. The molecule has 0 spiro atoms. The predicted octanol–water partition coefficient (Wildman–Crippen LogP) is 2.50. The third kappa shape index (κ3) is 3.42. The fraction of sp³-hybridized carbons (Fsp3) is 0.292. The summed E-state index contributed by atoms with van der Waals surface area (Å²) in [7, 11) is 0. The topological polar surface area (TPSA) is 78.4 Å². The third-order valence-corrected chi connectivity index (χ3v) is 6.45. The van der Waals surface area contributed by atoms with E-state index in [1.165, 1.54) is 22.0 Å². The van der Waals surface area contributed by atoms with Gasteiger partial charge < -0.3 is 14.2 Å².